The van der Waals surface area contributed by atoms with Crippen LogP contribution in [0.25, 0.3) is 5.69 Å². The van der Waals surface area contributed by atoms with E-state index in [9.17, 15) is 14.4 Å². The van der Waals surface area contributed by atoms with Crippen molar-refractivity contribution in [2.24, 2.45) is 0 Å². The highest BCUT2D eigenvalue weighted by Crippen LogP contribution is 2.18. The summed E-state index contributed by atoms with van der Waals surface area (Å²) in [6, 6.07) is 13.9. The summed E-state index contributed by atoms with van der Waals surface area (Å²) in [5.41, 5.74) is 3.32. The summed E-state index contributed by atoms with van der Waals surface area (Å²) in [4.78, 5) is 38.3. The highest BCUT2D eigenvalue weighted by atomic mass is 16.2. The van der Waals surface area contributed by atoms with Crippen LogP contribution in [0.1, 0.15) is 41.5 Å². The van der Waals surface area contributed by atoms with Crippen LogP contribution in [0.5, 0.6) is 0 Å². The molecule has 1 aromatic heterocycles. The van der Waals surface area contributed by atoms with E-state index in [1.165, 1.54) is 11.5 Å². The fourth-order valence-electron chi connectivity index (χ4n) is 2.99. The van der Waals surface area contributed by atoms with E-state index in [0.717, 1.165) is 11.3 Å². The zero-order valence-corrected chi connectivity index (χ0v) is 15.9. The zero-order valence-electron chi connectivity index (χ0n) is 15.9. The van der Waals surface area contributed by atoms with Crippen molar-refractivity contribution in [3.05, 3.63) is 82.0 Å². The standard InChI is InChI=1S/C21H22N4O3/c1-13-12-22-21(28)25(13)19-9-7-16(8-10-19)20(27)23-14(2)17-5-4-6-18(11-17)24-15(3)26/h4-12,14H,1-3H3,(H,22,28)(H,23,27)(H,24,26). The van der Waals surface area contributed by atoms with Gasteiger partial charge in [0.05, 0.1) is 11.7 Å². The van der Waals surface area contributed by atoms with E-state index in [1.807, 2.05) is 32.0 Å². The highest BCUT2D eigenvalue weighted by molar-refractivity contribution is 5.94. The average Bonchev–Trinajstić information content (AvgIpc) is 3.00. The minimum atomic E-state index is -0.240. The maximum Gasteiger partial charge on any atom is 0.330 e. The number of anilines is 1. The number of benzene rings is 2. The maximum atomic E-state index is 12.6. The molecule has 3 rings (SSSR count). The third-order valence-electron chi connectivity index (χ3n) is 4.40. The predicted octanol–water partition coefficient (Wildman–Crippen LogP) is 2.92. The molecule has 0 radical (unpaired) electrons. The quantitative estimate of drug-likeness (QED) is 0.637. The second-order valence-electron chi connectivity index (χ2n) is 6.62. The molecule has 0 saturated carbocycles. The van der Waals surface area contributed by atoms with Crippen LogP contribution in [0.4, 0.5) is 5.69 Å². The Hall–Kier alpha value is -3.61. The Labute approximate surface area is 162 Å². The van der Waals surface area contributed by atoms with Gasteiger partial charge in [0.15, 0.2) is 0 Å². The van der Waals surface area contributed by atoms with Crippen LogP contribution >= 0.6 is 0 Å². The predicted molar refractivity (Wildman–Crippen MR) is 108 cm³/mol. The van der Waals surface area contributed by atoms with Gasteiger partial charge in [-0.1, -0.05) is 12.1 Å². The molecule has 1 atom stereocenters. The molecule has 0 saturated heterocycles. The Morgan fingerprint density at radius 3 is 2.43 bits per heavy atom. The minimum absolute atomic E-state index is 0.148. The number of imidazole rings is 1. The molecule has 1 heterocycles. The summed E-state index contributed by atoms with van der Waals surface area (Å²) < 4.78 is 1.54. The molecule has 0 bridgehead atoms. The topological polar surface area (TPSA) is 96.0 Å². The van der Waals surface area contributed by atoms with Gasteiger partial charge in [-0.15, -0.1) is 0 Å². The molecule has 3 aromatic rings. The van der Waals surface area contributed by atoms with E-state index in [4.69, 9.17) is 0 Å². The first-order valence-corrected chi connectivity index (χ1v) is 8.91. The summed E-state index contributed by atoms with van der Waals surface area (Å²) in [5.74, 6) is -0.368. The van der Waals surface area contributed by atoms with Crippen LogP contribution in [-0.4, -0.2) is 21.4 Å². The molecule has 2 aromatic carbocycles. The lowest BCUT2D eigenvalue weighted by atomic mass is 10.1. The highest BCUT2D eigenvalue weighted by Gasteiger charge is 2.13. The van der Waals surface area contributed by atoms with Gasteiger partial charge in [-0.2, -0.15) is 0 Å². The van der Waals surface area contributed by atoms with Gasteiger partial charge in [0.2, 0.25) is 5.91 Å². The summed E-state index contributed by atoms with van der Waals surface area (Å²) in [5, 5.41) is 5.68. The molecular formula is C21H22N4O3. The van der Waals surface area contributed by atoms with Gasteiger partial charge >= 0.3 is 5.69 Å². The lowest BCUT2D eigenvalue weighted by Crippen LogP contribution is -2.26. The van der Waals surface area contributed by atoms with Gasteiger partial charge < -0.3 is 15.6 Å². The van der Waals surface area contributed by atoms with Crippen LogP contribution in [0.3, 0.4) is 0 Å². The molecule has 0 spiro atoms. The van der Waals surface area contributed by atoms with E-state index in [2.05, 4.69) is 15.6 Å². The minimum Gasteiger partial charge on any atom is -0.346 e. The van der Waals surface area contributed by atoms with Crippen molar-refractivity contribution in [2.45, 2.75) is 26.8 Å². The molecule has 0 aliphatic heterocycles. The van der Waals surface area contributed by atoms with Crippen LogP contribution in [0.2, 0.25) is 0 Å². The first-order chi connectivity index (χ1) is 13.3. The van der Waals surface area contributed by atoms with E-state index in [1.54, 1.807) is 36.5 Å². The third kappa shape index (κ3) is 4.20. The normalized spacial score (nSPS) is 11.7. The van der Waals surface area contributed by atoms with Crippen LogP contribution < -0.4 is 16.3 Å². The van der Waals surface area contributed by atoms with Crippen molar-refractivity contribution in [2.75, 3.05) is 5.32 Å². The molecule has 0 aliphatic carbocycles. The average molecular weight is 378 g/mol. The zero-order chi connectivity index (χ0) is 20.3. The Bertz CT molecular complexity index is 1060. The molecule has 0 aliphatic rings. The molecule has 2 amide bonds. The largest absolute Gasteiger partial charge is 0.346 e. The van der Waals surface area contributed by atoms with E-state index in [0.29, 0.717) is 16.9 Å². The number of nitrogens with zero attached hydrogens (tertiary/aromatic N) is 1. The van der Waals surface area contributed by atoms with E-state index < -0.39 is 0 Å². The number of aromatic amines is 1. The molecule has 7 heteroatoms. The van der Waals surface area contributed by atoms with Gasteiger partial charge in [0, 0.05) is 30.1 Å². The van der Waals surface area contributed by atoms with Crippen molar-refractivity contribution in [3.8, 4) is 5.69 Å². The van der Waals surface area contributed by atoms with Gasteiger partial charge in [0.25, 0.3) is 5.91 Å². The van der Waals surface area contributed by atoms with E-state index in [-0.39, 0.29) is 23.5 Å². The van der Waals surface area contributed by atoms with Crippen molar-refractivity contribution in [1.29, 1.82) is 0 Å². The second kappa shape index (κ2) is 7.96. The Balaban J connectivity index is 1.72. The fraction of sp³-hybridized carbons (Fsp3) is 0.190. The number of nitrogens with one attached hydrogen (secondary N) is 3. The number of rotatable bonds is 5. The van der Waals surface area contributed by atoms with Gasteiger partial charge in [-0.05, 0) is 55.8 Å². The molecule has 3 N–H and O–H groups in total. The molecule has 144 valence electrons. The van der Waals surface area contributed by atoms with Gasteiger partial charge in [-0.3, -0.25) is 14.2 Å². The number of H-pyrrole nitrogens is 1. The van der Waals surface area contributed by atoms with Crippen molar-refractivity contribution in [1.82, 2.24) is 14.9 Å². The monoisotopic (exact) mass is 378 g/mol. The molecular weight excluding hydrogens is 356 g/mol. The summed E-state index contributed by atoms with van der Waals surface area (Å²) in [6.45, 7) is 5.15. The summed E-state index contributed by atoms with van der Waals surface area (Å²) >= 11 is 0. The van der Waals surface area contributed by atoms with Crippen LogP contribution in [0.15, 0.2) is 59.5 Å². The van der Waals surface area contributed by atoms with Crippen LogP contribution in [0, 0.1) is 6.92 Å². The Morgan fingerprint density at radius 1 is 1.11 bits per heavy atom. The van der Waals surface area contributed by atoms with Crippen molar-refractivity contribution >= 4 is 17.5 Å². The van der Waals surface area contributed by atoms with Crippen molar-refractivity contribution in [3.63, 3.8) is 0 Å². The molecule has 0 fully saturated rings. The first kappa shape index (κ1) is 19.2. The Morgan fingerprint density at radius 2 is 1.82 bits per heavy atom. The van der Waals surface area contributed by atoms with Crippen molar-refractivity contribution < 1.29 is 9.59 Å². The fourth-order valence-corrected chi connectivity index (χ4v) is 2.99. The number of carbonyl (C=O) groups is 2. The second-order valence-corrected chi connectivity index (χ2v) is 6.62. The summed E-state index contributed by atoms with van der Waals surface area (Å²) in [6.07, 6.45) is 1.64. The number of hydrogen-bond donors (Lipinski definition) is 3. The molecule has 28 heavy (non-hydrogen) atoms. The lowest BCUT2D eigenvalue weighted by Gasteiger charge is -2.16. The lowest BCUT2D eigenvalue weighted by molar-refractivity contribution is -0.114. The van der Waals surface area contributed by atoms with Gasteiger partial charge in [-0.25, -0.2) is 4.79 Å². The third-order valence-corrected chi connectivity index (χ3v) is 4.40. The SMILES string of the molecule is CC(=O)Nc1cccc(C(C)NC(=O)c2ccc(-n3c(C)c[nH]c3=O)cc2)c1. The number of aromatic nitrogens is 2. The number of aryl methyl sites for hydroxylation is 1. The smallest absolute Gasteiger partial charge is 0.330 e. The first-order valence-electron chi connectivity index (χ1n) is 8.91. The number of hydrogen-bond acceptors (Lipinski definition) is 3. The Kier molecular flexibility index (Phi) is 5.44. The van der Waals surface area contributed by atoms with E-state index >= 15 is 0 Å². The number of amides is 2. The van der Waals surface area contributed by atoms with Gasteiger partial charge in [0.1, 0.15) is 0 Å². The van der Waals surface area contributed by atoms with Crippen LogP contribution in [-0.2, 0) is 4.79 Å². The molecule has 1 unspecified atom stereocenters. The number of carbonyl (C=O) groups excluding carboxylic acids is 2. The maximum absolute atomic E-state index is 12.6. The molecule has 7 nitrogen and oxygen atoms in total. The summed E-state index contributed by atoms with van der Waals surface area (Å²) in [7, 11) is 0.